The summed E-state index contributed by atoms with van der Waals surface area (Å²) in [5.41, 5.74) is 8.24. The molecule has 0 aliphatic heterocycles. The summed E-state index contributed by atoms with van der Waals surface area (Å²) in [6.07, 6.45) is 6.66. The van der Waals surface area contributed by atoms with Crippen molar-refractivity contribution >= 4 is 5.78 Å². The van der Waals surface area contributed by atoms with E-state index in [0.717, 1.165) is 38.5 Å². The number of hydrogen-bond acceptors (Lipinski definition) is 2. The van der Waals surface area contributed by atoms with Crippen LogP contribution in [0.4, 0.5) is 0 Å². The van der Waals surface area contributed by atoms with Crippen LogP contribution in [0.2, 0.25) is 0 Å². The second-order valence-corrected chi connectivity index (χ2v) is 4.40. The third-order valence-electron chi connectivity index (χ3n) is 3.76. The van der Waals surface area contributed by atoms with Gasteiger partial charge in [0.15, 0.2) is 0 Å². The molecule has 4 heteroatoms. The van der Waals surface area contributed by atoms with Gasteiger partial charge in [-0.1, -0.05) is 18.0 Å². The van der Waals surface area contributed by atoms with Gasteiger partial charge in [0.2, 0.25) is 0 Å². The number of Topliss-reactive ketones (excluding diaryl/α,β-unsaturated/α-hetero) is 1. The van der Waals surface area contributed by atoms with E-state index in [2.05, 4.69) is 10.0 Å². The fraction of sp³-hybridized carbons (Fsp3) is 0.900. The molecule has 2 aliphatic rings. The summed E-state index contributed by atoms with van der Waals surface area (Å²) in [6.45, 7) is 0. The fourth-order valence-corrected chi connectivity index (χ4v) is 3.02. The Kier molecular flexibility index (Phi) is 2.46. The Bertz CT molecular complexity index is 296. The molecule has 0 N–H and O–H groups in total. The molecule has 0 radical (unpaired) electrons. The Morgan fingerprint density at radius 3 is 2.79 bits per heavy atom. The second kappa shape index (κ2) is 3.62. The first-order valence-corrected chi connectivity index (χ1v) is 5.37. The Labute approximate surface area is 83.3 Å². The molecule has 0 bridgehead atoms. The molecule has 14 heavy (non-hydrogen) atoms. The van der Waals surface area contributed by atoms with Crippen molar-refractivity contribution in [2.75, 3.05) is 0 Å². The van der Waals surface area contributed by atoms with E-state index in [4.69, 9.17) is 5.53 Å². The lowest BCUT2D eigenvalue weighted by Crippen LogP contribution is -2.40. The molecule has 2 rings (SSSR count). The molecule has 2 saturated carbocycles. The van der Waals surface area contributed by atoms with Gasteiger partial charge in [0.05, 0.1) is 0 Å². The van der Waals surface area contributed by atoms with E-state index in [1.54, 1.807) is 0 Å². The average Bonchev–Trinajstić information content (AvgIpc) is 2.54. The van der Waals surface area contributed by atoms with Crippen LogP contribution in [-0.2, 0) is 4.79 Å². The quantitative estimate of drug-likeness (QED) is 0.358. The number of hydrogen-bond donors (Lipinski definition) is 0. The maximum Gasteiger partial charge on any atom is 0.139 e. The van der Waals surface area contributed by atoms with Crippen LogP contribution in [0.3, 0.4) is 0 Å². The van der Waals surface area contributed by atoms with Gasteiger partial charge in [0.1, 0.15) is 5.78 Å². The number of rotatable bonds is 1. The lowest BCUT2D eigenvalue weighted by molar-refractivity contribution is -0.128. The highest BCUT2D eigenvalue weighted by molar-refractivity contribution is 5.87. The summed E-state index contributed by atoms with van der Waals surface area (Å²) in [5, 5.41) is 3.83. The molecule has 0 heterocycles. The largest absolute Gasteiger partial charge is 0.299 e. The van der Waals surface area contributed by atoms with Crippen molar-refractivity contribution in [1.82, 2.24) is 0 Å². The van der Waals surface area contributed by atoms with Gasteiger partial charge < -0.3 is 0 Å². The van der Waals surface area contributed by atoms with Gasteiger partial charge in [-0.3, -0.25) is 4.79 Å². The van der Waals surface area contributed by atoms with Crippen LogP contribution in [0.15, 0.2) is 5.11 Å². The molecule has 0 aromatic carbocycles. The predicted octanol–water partition coefficient (Wildman–Crippen LogP) is 2.98. The number of azide groups is 1. The highest BCUT2D eigenvalue weighted by Crippen LogP contribution is 2.48. The smallest absolute Gasteiger partial charge is 0.139 e. The first-order valence-electron chi connectivity index (χ1n) is 5.37. The Balaban J connectivity index is 2.28. The lowest BCUT2D eigenvalue weighted by Gasteiger charge is -2.37. The van der Waals surface area contributed by atoms with Gasteiger partial charge in [-0.2, -0.15) is 0 Å². The fourth-order valence-electron chi connectivity index (χ4n) is 3.02. The first-order chi connectivity index (χ1) is 6.79. The number of nitrogens with zero attached hydrogens (tertiary/aromatic N) is 3. The molecule has 0 saturated heterocycles. The highest BCUT2D eigenvalue weighted by Gasteiger charge is 2.48. The predicted molar refractivity (Wildman–Crippen MR) is 52.7 cm³/mol. The Morgan fingerprint density at radius 1 is 1.36 bits per heavy atom. The zero-order valence-corrected chi connectivity index (χ0v) is 8.28. The molecular weight excluding hydrogens is 178 g/mol. The maximum atomic E-state index is 11.9. The maximum absolute atomic E-state index is 11.9. The molecule has 2 atom stereocenters. The van der Waals surface area contributed by atoms with E-state index < -0.39 is 0 Å². The summed E-state index contributed by atoms with van der Waals surface area (Å²) in [4.78, 5) is 14.7. The molecule has 2 unspecified atom stereocenters. The van der Waals surface area contributed by atoms with Crippen LogP contribution in [-0.4, -0.2) is 11.8 Å². The van der Waals surface area contributed by atoms with Crippen molar-refractivity contribution in [3.63, 3.8) is 0 Å². The molecule has 0 aromatic rings. The van der Waals surface area contributed by atoms with Gasteiger partial charge in [-0.25, -0.2) is 0 Å². The lowest BCUT2D eigenvalue weighted by atomic mass is 9.69. The van der Waals surface area contributed by atoms with E-state index >= 15 is 0 Å². The van der Waals surface area contributed by atoms with Gasteiger partial charge in [-0.15, -0.1) is 0 Å². The number of ketones is 1. The van der Waals surface area contributed by atoms with E-state index in [-0.39, 0.29) is 11.5 Å². The van der Waals surface area contributed by atoms with Crippen molar-refractivity contribution in [3.8, 4) is 0 Å². The molecule has 0 amide bonds. The standard InChI is InChI=1S/C10H15N3O/c11-13-12-8-4-1-2-6-10(8)7-3-5-9(10)14/h8H,1-7H2. The van der Waals surface area contributed by atoms with Crippen molar-refractivity contribution in [2.24, 2.45) is 10.5 Å². The van der Waals surface area contributed by atoms with E-state index in [9.17, 15) is 4.79 Å². The van der Waals surface area contributed by atoms with Gasteiger partial charge >= 0.3 is 0 Å². The summed E-state index contributed by atoms with van der Waals surface area (Å²) in [7, 11) is 0. The zero-order chi connectivity index (χ0) is 10.0. The third kappa shape index (κ3) is 1.30. The van der Waals surface area contributed by atoms with Crippen molar-refractivity contribution in [2.45, 2.75) is 51.0 Å². The van der Waals surface area contributed by atoms with Crippen LogP contribution < -0.4 is 0 Å². The van der Waals surface area contributed by atoms with Crippen molar-refractivity contribution in [1.29, 1.82) is 0 Å². The molecule has 76 valence electrons. The topological polar surface area (TPSA) is 65.8 Å². The van der Waals surface area contributed by atoms with E-state index in [0.29, 0.717) is 12.2 Å². The normalized spacial score (nSPS) is 37.1. The third-order valence-corrected chi connectivity index (χ3v) is 3.76. The van der Waals surface area contributed by atoms with Crippen molar-refractivity contribution < 1.29 is 4.79 Å². The van der Waals surface area contributed by atoms with E-state index in [1.807, 2.05) is 0 Å². The first kappa shape index (κ1) is 9.53. The summed E-state index contributed by atoms with van der Waals surface area (Å²) in [6, 6.07) is -0.0590. The molecular formula is C10H15N3O. The van der Waals surface area contributed by atoms with Gasteiger partial charge in [0.25, 0.3) is 0 Å². The Morgan fingerprint density at radius 2 is 2.14 bits per heavy atom. The minimum atomic E-state index is -0.259. The average molecular weight is 193 g/mol. The SMILES string of the molecule is [N-]=[N+]=NC1CCCCC12CCCC2=O. The Hall–Kier alpha value is -1.02. The molecule has 1 spiro atoms. The van der Waals surface area contributed by atoms with Crippen LogP contribution >= 0.6 is 0 Å². The van der Waals surface area contributed by atoms with Gasteiger partial charge in [-0.05, 0) is 31.2 Å². The van der Waals surface area contributed by atoms with Crippen LogP contribution in [0.25, 0.3) is 10.4 Å². The van der Waals surface area contributed by atoms with Crippen LogP contribution in [0.1, 0.15) is 44.9 Å². The van der Waals surface area contributed by atoms with Crippen molar-refractivity contribution in [3.05, 3.63) is 10.4 Å². The minimum Gasteiger partial charge on any atom is -0.299 e. The summed E-state index contributed by atoms with van der Waals surface area (Å²) in [5.74, 6) is 0.342. The summed E-state index contributed by atoms with van der Waals surface area (Å²) >= 11 is 0. The van der Waals surface area contributed by atoms with Gasteiger partial charge in [0, 0.05) is 22.8 Å². The molecule has 0 aromatic heterocycles. The summed E-state index contributed by atoms with van der Waals surface area (Å²) < 4.78 is 0. The van der Waals surface area contributed by atoms with E-state index in [1.165, 1.54) is 0 Å². The minimum absolute atomic E-state index is 0.0590. The zero-order valence-electron chi connectivity index (χ0n) is 8.28. The number of carbonyl (C=O) groups is 1. The van der Waals surface area contributed by atoms with Crippen LogP contribution in [0, 0.1) is 5.41 Å². The monoisotopic (exact) mass is 193 g/mol. The second-order valence-electron chi connectivity index (χ2n) is 4.40. The molecule has 2 fully saturated rings. The highest BCUT2D eigenvalue weighted by atomic mass is 16.1. The molecule has 2 aliphatic carbocycles. The molecule has 4 nitrogen and oxygen atoms in total. The number of carbonyl (C=O) groups excluding carboxylic acids is 1. The van der Waals surface area contributed by atoms with Crippen LogP contribution in [0.5, 0.6) is 0 Å².